The van der Waals surface area contributed by atoms with Crippen LogP contribution in [0, 0.1) is 22.6 Å². The molecule has 3 rings (SSSR count). The lowest BCUT2D eigenvalue weighted by atomic mass is 9.95. The molecule has 0 radical (unpaired) electrons. The van der Waals surface area contributed by atoms with Gasteiger partial charge in [-0.05, 0) is 23.6 Å². The molecule has 27 heavy (non-hydrogen) atoms. The van der Waals surface area contributed by atoms with Crippen LogP contribution in [0.2, 0.25) is 0 Å². The van der Waals surface area contributed by atoms with Gasteiger partial charge in [-0.15, -0.1) is 0 Å². The van der Waals surface area contributed by atoms with E-state index < -0.39 is 0 Å². The molecule has 0 unspecified atom stereocenters. The Hall–Kier alpha value is -3.34. The molecule has 0 fully saturated rings. The average Bonchev–Trinajstić information content (AvgIpc) is 3.16. The molecule has 0 saturated carbocycles. The van der Waals surface area contributed by atoms with Crippen LogP contribution in [0.25, 0.3) is 5.69 Å². The van der Waals surface area contributed by atoms with Gasteiger partial charge < -0.3 is 4.90 Å². The molecule has 0 N–H and O–H groups in total. The highest BCUT2D eigenvalue weighted by Gasteiger charge is 2.20. The Morgan fingerprint density at radius 3 is 2.70 bits per heavy atom. The molecule has 2 heterocycles. The fourth-order valence-corrected chi connectivity index (χ4v) is 2.72. The fraction of sp³-hybridized carbons (Fsp3) is 0.316. The van der Waals surface area contributed by atoms with Crippen molar-refractivity contribution in [2.24, 2.45) is 5.41 Å². The second kappa shape index (κ2) is 7.50. The zero-order valence-corrected chi connectivity index (χ0v) is 15.5. The highest BCUT2D eigenvalue weighted by molar-refractivity contribution is 5.42. The fourth-order valence-electron chi connectivity index (χ4n) is 2.72. The van der Waals surface area contributed by atoms with E-state index in [9.17, 15) is 4.39 Å². The van der Waals surface area contributed by atoms with Crippen molar-refractivity contribution < 1.29 is 4.39 Å². The van der Waals surface area contributed by atoms with Gasteiger partial charge in [0.15, 0.2) is 0 Å². The molecule has 0 amide bonds. The lowest BCUT2D eigenvalue weighted by Crippen LogP contribution is -2.33. The average molecular weight is 365 g/mol. The van der Waals surface area contributed by atoms with E-state index in [4.69, 9.17) is 5.26 Å². The van der Waals surface area contributed by atoms with Gasteiger partial charge in [-0.25, -0.2) is 24.0 Å². The van der Waals surface area contributed by atoms with Crippen LogP contribution in [0.1, 0.15) is 32.2 Å². The first kappa shape index (κ1) is 18.5. The summed E-state index contributed by atoms with van der Waals surface area (Å²) in [6.07, 6.45) is 4.46. The van der Waals surface area contributed by atoms with Gasteiger partial charge in [0, 0.05) is 24.8 Å². The van der Waals surface area contributed by atoms with Crippen molar-refractivity contribution in [3.05, 3.63) is 60.3 Å². The van der Waals surface area contributed by atoms with Gasteiger partial charge in [0.2, 0.25) is 5.82 Å². The number of rotatable bonds is 5. The van der Waals surface area contributed by atoms with E-state index in [1.807, 2.05) is 11.0 Å². The maximum absolute atomic E-state index is 14.7. The SMILES string of the molecule is CC(C)(C)CN(Cc1ccc(-n2cncn2)cc1F)c1ccnc(C#N)n1. The number of aromatic nitrogens is 5. The standard InChI is InChI=1S/C19H20FN7/c1-19(2,3)11-26(18-6-7-23-17(9-21)25-18)10-14-4-5-15(8-16(14)20)27-13-22-12-24-27/h4-8,12-13H,10-11H2,1-3H3. The van der Waals surface area contributed by atoms with Crippen LogP contribution in [0.5, 0.6) is 0 Å². The van der Waals surface area contributed by atoms with Crippen LogP contribution in [0.15, 0.2) is 43.1 Å². The number of benzene rings is 1. The maximum Gasteiger partial charge on any atom is 0.234 e. The van der Waals surface area contributed by atoms with Gasteiger partial charge in [-0.3, -0.25) is 0 Å². The lowest BCUT2D eigenvalue weighted by molar-refractivity contribution is 0.406. The first-order chi connectivity index (χ1) is 12.9. The Bertz CT molecular complexity index is 955. The highest BCUT2D eigenvalue weighted by Crippen LogP contribution is 2.24. The van der Waals surface area contributed by atoms with E-state index in [1.54, 1.807) is 24.4 Å². The van der Waals surface area contributed by atoms with Crippen LogP contribution in [-0.2, 0) is 6.54 Å². The van der Waals surface area contributed by atoms with E-state index in [2.05, 4.69) is 40.8 Å². The Labute approximate surface area is 157 Å². The van der Waals surface area contributed by atoms with E-state index >= 15 is 0 Å². The zero-order chi connectivity index (χ0) is 19.4. The number of halogens is 1. The topological polar surface area (TPSA) is 83.5 Å². The lowest BCUT2D eigenvalue weighted by Gasteiger charge is -2.31. The third-order valence-corrected chi connectivity index (χ3v) is 3.81. The molecule has 8 heteroatoms. The van der Waals surface area contributed by atoms with Gasteiger partial charge in [0.1, 0.15) is 30.4 Å². The minimum atomic E-state index is -0.337. The van der Waals surface area contributed by atoms with Gasteiger partial charge in [0.25, 0.3) is 0 Å². The van der Waals surface area contributed by atoms with Crippen LogP contribution in [-0.4, -0.2) is 31.3 Å². The summed E-state index contributed by atoms with van der Waals surface area (Å²) < 4.78 is 16.2. The zero-order valence-electron chi connectivity index (χ0n) is 15.5. The van der Waals surface area contributed by atoms with Gasteiger partial charge in [0.05, 0.1) is 5.69 Å². The second-order valence-electron chi connectivity index (χ2n) is 7.38. The minimum Gasteiger partial charge on any atom is -0.352 e. The summed E-state index contributed by atoms with van der Waals surface area (Å²) in [6.45, 7) is 7.24. The summed E-state index contributed by atoms with van der Waals surface area (Å²) >= 11 is 0. The molecule has 0 aliphatic heterocycles. The van der Waals surface area contributed by atoms with Gasteiger partial charge >= 0.3 is 0 Å². The van der Waals surface area contributed by atoms with E-state index in [0.717, 1.165) is 0 Å². The van der Waals surface area contributed by atoms with Crippen molar-refractivity contribution in [3.8, 4) is 11.8 Å². The summed E-state index contributed by atoms with van der Waals surface area (Å²) in [7, 11) is 0. The normalized spacial score (nSPS) is 11.2. The van der Waals surface area contributed by atoms with E-state index in [1.165, 1.54) is 23.4 Å². The summed E-state index contributed by atoms with van der Waals surface area (Å²) in [5.74, 6) is 0.348. The molecule has 1 aromatic carbocycles. The molecule has 3 aromatic rings. The molecule has 0 aliphatic carbocycles. The smallest absolute Gasteiger partial charge is 0.234 e. The third kappa shape index (κ3) is 4.64. The Morgan fingerprint density at radius 2 is 2.07 bits per heavy atom. The van der Waals surface area contributed by atoms with Crippen LogP contribution in [0.3, 0.4) is 0 Å². The number of nitriles is 1. The van der Waals surface area contributed by atoms with Crippen LogP contribution < -0.4 is 4.90 Å². The minimum absolute atomic E-state index is 0.0467. The van der Waals surface area contributed by atoms with Crippen LogP contribution >= 0.6 is 0 Å². The largest absolute Gasteiger partial charge is 0.352 e. The molecule has 0 bridgehead atoms. The summed E-state index contributed by atoms with van der Waals surface area (Å²) in [5, 5.41) is 13.1. The predicted octanol–water partition coefficient (Wildman–Crippen LogP) is 3.12. The summed E-state index contributed by atoms with van der Waals surface area (Å²) in [6, 6.07) is 8.63. The van der Waals surface area contributed by atoms with Crippen molar-refractivity contribution in [2.45, 2.75) is 27.3 Å². The molecule has 0 spiro atoms. The number of nitrogens with zero attached hydrogens (tertiary/aromatic N) is 7. The third-order valence-electron chi connectivity index (χ3n) is 3.81. The molecule has 0 atom stereocenters. The Morgan fingerprint density at radius 1 is 1.26 bits per heavy atom. The molecule has 138 valence electrons. The number of anilines is 1. The van der Waals surface area contributed by atoms with Crippen molar-refractivity contribution in [1.82, 2.24) is 24.7 Å². The predicted molar refractivity (Wildman–Crippen MR) is 98.6 cm³/mol. The highest BCUT2D eigenvalue weighted by atomic mass is 19.1. The maximum atomic E-state index is 14.7. The van der Waals surface area contributed by atoms with Gasteiger partial charge in [-0.1, -0.05) is 26.8 Å². The number of hydrogen-bond acceptors (Lipinski definition) is 6. The van der Waals surface area contributed by atoms with Crippen molar-refractivity contribution in [1.29, 1.82) is 5.26 Å². The van der Waals surface area contributed by atoms with Crippen molar-refractivity contribution >= 4 is 5.82 Å². The van der Waals surface area contributed by atoms with E-state index in [-0.39, 0.29) is 17.1 Å². The van der Waals surface area contributed by atoms with Crippen molar-refractivity contribution in [2.75, 3.05) is 11.4 Å². The van der Waals surface area contributed by atoms with E-state index in [0.29, 0.717) is 30.2 Å². The first-order valence-electron chi connectivity index (χ1n) is 8.47. The summed E-state index contributed by atoms with van der Waals surface area (Å²) in [4.78, 5) is 14.0. The summed E-state index contributed by atoms with van der Waals surface area (Å²) in [5.41, 5.74) is 1.08. The monoisotopic (exact) mass is 365 g/mol. The molecule has 0 aliphatic rings. The molecule has 0 saturated heterocycles. The second-order valence-corrected chi connectivity index (χ2v) is 7.38. The molecule has 2 aromatic heterocycles. The van der Waals surface area contributed by atoms with Gasteiger partial charge in [-0.2, -0.15) is 10.4 Å². The Kier molecular flexibility index (Phi) is 5.12. The molecular formula is C19H20FN7. The number of hydrogen-bond donors (Lipinski definition) is 0. The van der Waals surface area contributed by atoms with Crippen molar-refractivity contribution in [3.63, 3.8) is 0 Å². The molecule has 7 nitrogen and oxygen atoms in total. The van der Waals surface area contributed by atoms with Crippen LogP contribution in [0.4, 0.5) is 10.2 Å². The molecular weight excluding hydrogens is 345 g/mol. The Balaban J connectivity index is 1.91. The first-order valence-corrected chi connectivity index (χ1v) is 8.47. The quantitative estimate of drug-likeness (QED) is 0.691.